The lowest BCUT2D eigenvalue weighted by Crippen LogP contribution is -2.34. The number of hydrogen-bond donors (Lipinski definition) is 1. The number of rotatable bonds is 4. The average Bonchev–Trinajstić information content (AvgIpc) is 3.43. The molecule has 5 aromatic rings. The first-order valence-electron chi connectivity index (χ1n) is 9.44. The van der Waals surface area contributed by atoms with Crippen molar-refractivity contribution in [3.63, 3.8) is 0 Å². The molecule has 5 rings (SSSR count). The predicted molar refractivity (Wildman–Crippen MR) is 120 cm³/mol. The summed E-state index contributed by atoms with van der Waals surface area (Å²) >= 11 is 1.25. The maximum atomic E-state index is 13.3. The van der Waals surface area contributed by atoms with E-state index >= 15 is 0 Å². The number of fused-ring (bicyclic) bond motifs is 1. The summed E-state index contributed by atoms with van der Waals surface area (Å²) in [6, 6.07) is 11.1. The molecule has 0 unspecified atom stereocenters. The molecule has 4 heterocycles. The summed E-state index contributed by atoms with van der Waals surface area (Å²) in [6.07, 6.45) is 4.93. The number of pyridine rings is 1. The Morgan fingerprint density at radius 3 is 2.53 bits per heavy atom. The fourth-order valence-electron chi connectivity index (χ4n) is 3.50. The highest BCUT2D eigenvalue weighted by atomic mass is 32.1. The smallest absolute Gasteiger partial charge is 0.298 e. The molecule has 0 saturated carbocycles. The van der Waals surface area contributed by atoms with Gasteiger partial charge in [0.05, 0.1) is 22.2 Å². The Morgan fingerprint density at radius 1 is 1.12 bits per heavy atom. The molecule has 0 spiro atoms. The van der Waals surface area contributed by atoms with Crippen LogP contribution < -0.4 is 11.2 Å². The van der Waals surface area contributed by atoms with Gasteiger partial charge in [0, 0.05) is 29.4 Å². The minimum atomic E-state index is -0.599. The highest BCUT2D eigenvalue weighted by molar-refractivity contribution is 7.22. The van der Waals surface area contributed by atoms with E-state index in [4.69, 9.17) is 0 Å². The standard InChI is InChI=1S/C21H14N6O4S/c1-12-17-19(32-18(12)13-3-5-14(6-4-13)27(30)31)24-21(29)26(20(17)28)16-8-7-15(11-22-16)25-10-2-9-23-25/h2-11H,1H3,(H,24,29). The third kappa shape index (κ3) is 3.11. The summed E-state index contributed by atoms with van der Waals surface area (Å²) in [7, 11) is 0. The van der Waals surface area contributed by atoms with Gasteiger partial charge in [-0.05, 0) is 48.4 Å². The minimum absolute atomic E-state index is 0.0205. The number of nitro groups is 1. The second-order valence-corrected chi connectivity index (χ2v) is 7.98. The third-order valence-corrected chi connectivity index (χ3v) is 6.31. The van der Waals surface area contributed by atoms with Gasteiger partial charge in [0.2, 0.25) is 0 Å². The quantitative estimate of drug-likeness (QED) is 0.333. The van der Waals surface area contributed by atoms with Gasteiger partial charge in [-0.15, -0.1) is 11.3 Å². The molecule has 4 aromatic heterocycles. The molecule has 158 valence electrons. The Balaban J connectivity index is 1.63. The summed E-state index contributed by atoms with van der Waals surface area (Å²) in [5, 5.41) is 15.4. The number of thiophene rings is 1. The van der Waals surface area contributed by atoms with Gasteiger partial charge in [0.1, 0.15) is 10.6 Å². The topological polar surface area (TPSA) is 129 Å². The summed E-state index contributed by atoms with van der Waals surface area (Å²) in [5.74, 6) is 0.191. The lowest BCUT2D eigenvalue weighted by Gasteiger charge is -2.06. The Hall–Kier alpha value is -4.38. The molecule has 0 aliphatic carbocycles. The van der Waals surface area contributed by atoms with E-state index in [0.29, 0.717) is 21.5 Å². The number of aromatic amines is 1. The number of nitrogens with zero attached hydrogens (tertiary/aromatic N) is 5. The first kappa shape index (κ1) is 19.6. The number of benzene rings is 1. The largest absolute Gasteiger partial charge is 0.335 e. The van der Waals surface area contributed by atoms with Crippen LogP contribution in [0.4, 0.5) is 5.69 Å². The van der Waals surface area contributed by atoms with Crippen LogP contribution in [0.1, 0.15) is 5.56 Å². The van der Waals surface area contributed by atoms with Gasteiger partial charge in [-0.2, -0.15) is 5.10 Å². The molecule has 32 heavy (non-hydrogen) atoms. The number of aromatic nitrogens is 5. The number of nitrogens with one attached hydrogen (secondary N) is 1. The molecule has 1 aromatic carbocycles. The highest BCUT2D eigenvalue weighted by Crippen LogP contribution is 2.36. The molecular formula is C21H14N6O4S. The molecule has 0 bridgehead atoms. The zero-order chi connectivity index (χ0) is 22.4. The van der Waals surface area contributed by atoms with Crippen LogP contribution >= 0.6 is 11.3 Å². The minimum Gasteiger partial charge on any atom is -0.298 e. The van der Waals surface area contributed by atoms with Crippen molar-refractivity contribution >= 4 is 27.2 Å². The fraction of sp³-hybridized carbons (Fsp3) is 0.0476. The number of nitro benzene ring substituents is 1. The normalized spacial score (nSPS) is 11.2. The Morgan fingerprint density at radius 2 is 1.91 bits per heavy atom. The number of non-ortho nitro benzene ring substituents is 1. The molecule has 0 aliphatic heterocycles. The van der Waals surface area contributed by atoms with Crippen molar-refractivity contribution < 1.29 is 4.92 Å². The fourth-order valence-corrected chi connectivity index (χ4v) is 4.70. The highest BCUT2D eigenvalue weighted by Gasteiger charge is 2.19. The van der Waals surface area contributed by atoms with Gasteiger partial charge in [0.15, 0.2) is 0 Å². The van der Waals surface area contributed by atoms with Crippen molar-refractivity contribution in [2.24, 2.45) is 0 Å². The first-order valence-corrected chi connectivity index (χ1v) is 10.3. The molecule has 11 heteroatoms. The van der Waals surface area contributed by atoms with Crippen molar-refractivity contribution in [2.45, 2.75) is 6.92 Å². The maximum absolute atomic E-state index is 13.3. The van der Waals surface area contributed by atoms with Crippen molar-refractivity contribution in [3.8, 4) is 21.9 Å². The summed E-state index contributed by atoms with van der Waals surface area (Å²) < 4.78 is 2.61. The Bertz CT molecular complexity index is 1580. The Kier molecular flexibility index (Phi) is 4.52. The van der Waals surface area contributed by atoms with Crippen molar-refractivity contribution in [1.29, 1.82) is 0 Å². The Labute approximate surface area is 183 Å². The van der Waals surface area contributed by atoms with Crippen molar-refractivity contribution in [2.75, 3.05) is 0 Å². The van der Waals surface area contributed by atoms with Crippen LogP contribution in [0.25, 0.3) is 32.2 Å². The van der Waals surface area contributed by atoms with Crippen LogP contribution in [-0.4, -0.2) is 29.2 Å². The van der Waals surface area contributed by atoms with Gasteiger partial charge in [0.25, 0.3) is 11.2 Å². The summed E-state index contributed by atoms with van der Waals surface area (Å²) in [4.78, 5) is 44.7. The van der Waals surface area contributed by atoms with E-state index in [2.05, 4.69) is 15.1 Å². The van der Waals surface area contributed by atoms with Crippen molar-refractivity contribution in [1.82, 2.24) is 24.3 Å². The van der Waals surface area contributed by atoms with E-state index in [1.54, 1.807) is 54.3 Å². The predicted octanol–water partition coefficient (Wildman–Crippen LogP) is 3.20. The van der Waals surface area contributed by atoms with Crippen LogP contribution in [0.5, 0.6) is 0 Å². The SMILES string of the molecule is Cc1c(-c2ccc([N+](=O)[O-])cc2)sc2[nH]c(=O)n(-c3ccc(-n4cccn4)cn3)c(=O)c12. The molecule has 1 N–H and O–H groups in total. The molecular weight excluding hydrogens is 432 g/mol. The van der Waals surface area contributed by atoms with Crippen LogP contribution in [0.15, 0.2) is 70.6 Å². The van der Waals surface area contributed by atoms with E-state index in [1.807, 2.05) is 0 Å². The van der Waals surface area contributed by atoms with Gasteiger partial charge in [-0.1, -0.05) is 0 Å². The number of aryl methyl sites for hydroxylation is 1. The second-order valence-electron chi connectivity index (χ2n) is 6.96. The third-order valence-electron chi connectivity index (χ3n) is 5.06. The molecule has 0 amide bonds. The van der Waals surface area contributed by atoms with Gasteiger partial charge < -0.3 is 0 Å². The molecule has 10 nitrogen and oxygen atoms in total. The van der Waals surface area contributed by atoms with Crippen LogP contribution in [0.2, 0.25) is 0 Å². The van der Waals surface area contributed by atoms with Crippen molar-refractivity contribution in [3.05, 3.63) is 97.6 Å². The summed E-state index contributed by atoms with van der Waals surface area (Å²) in [5.41, 5.74) is 0.998. The van der Waals surface area contributed by atoms with E-state index in [1.165, 1.54) is 29.7 Å². The van der Waals surface area contributed by atoms with Crippen LogP contribution in [-0.2, 0) is 0 Å². The van der Waals surface area contributed by atoms with E-state index < -0.39 is 16.2 Å². The lowest BCUT2D eigenvalue weighted by atomic mass is 10.1. The van der Waals surface area contributed by atoms with E-state index in [-0.39, 0.29) is 11.5 Å². The number of hydrogen-bond acceptors (Lipinski definition) is 7. The number of H-pyrrole nitrogens is 1. The monoisotopic (exact) mass is 446 g/mol. The first-order chi connectivity index (χ1) is 15.4. The zero-order valence-corrected chi connectivity index (χ0v) is 17.4. The zero-order valence-electron chi connectivity index (χ0n) is 16.6. The average molecular weight is 446 g/mol. The van der Waals surface area contributed by atoms with Gasteiger partial charge in [-0.3, -0.25) is 19.9 Å². The molecule has 0 fully saturated rings. The maximum Gasteiger partial charge on any atom is 0.335 e. The summed E-state index contributed by atoms with van der Waals surface area (Å²) in [6.45, 7) is 1.79. The van der Waals surface area contributed by atoms with Gasteiger partial charge in [-0.25, -0.2) is 19.0 Å². The van der Waals surface area contributed by atoms with E-state index in [9.17, 15) is 19.7 Å². The molecule has 0 radical (unpaired) electrons. The van der Waals surface area contributed by atoms with Crippen LogP contribution in [0.3, 0.4) is 0 Å². The lowest BCUT2D eigenvalue weighted by molar-refractivity contribution is -0.384. The van der Waals surface area contributed by atoms with Crippen LogP contribution in [0, 0.1) is 17.0 Å². The molecule has 0 aliphatic rings. The molecule has 0 atom stereocenters. The van der Waals surface area contributed by atoms with Gasteiger partial charge >= 0.3 is 5.69 Å². The van der Waals surface area contributed by atoms with E-state index in [0.717, 1.165) is 15.0 Å². The second kappa shape index (κ2) is 7.39. The molecule has 0 saturated heterocycles.